The minimum absolute atomic E-state index is 1.12. The molecule has 0 atom stereocenters. The number of hydrogen-bond acceptors (Lipinski definition) is 2. The van der Waals surface area contributed by atoms with Crippen LogP contribution in [0.3, 0.4) is 0 Å². The van der Waals surface area contributed by atoms with Crippen LogP contribution in [-0.2, 0) is 14.7 Å². The number of carbonyl (C=O) groups is 2. The number of carboxylic acid groups (broad SMARTS) is 2. The molecule has 0 aromatic carbocycles. The Bertz CT molecular complexity index is 115. The van der Waals surface area contributed by atoms with Gasteiger partial charge in [-0.2, -0.15) is 0 Å². The van der Waals surface area contributed by atoms with Crippen LogP contribution in [-0.4, -0.2) is 28.8 Å². The van der Waals surface area contributed by atoms with Crippen LogP contribution in [0.1, 0.15) is 0 Å². The van der Waals surface area contributed by atoms with Gasteiger partial charge < -0.3 is 10.2 Å². The van der Waals surface area contributed by atoms with Gasteiger partial charge in [-0.3, -0.25) is 9.59 Å². The summed E-state index contributed by atoms with van der Waals surface area (Å²) < 4.78 is 0. The summed E-state index contributed by atoms with van der Waals surface area (Å²) in [6, 6.07) is 0. The molecule has 5 nitrogen and oxygen atoms in total. The lowest BCUT2D eigenvalue weighted by molar-refractivity contribution is -0.157. The van der Waals surface area contributed by atoms with Crippen molar-refractivity contribution in [1.82, 2.24) is 0 Å². The first-order valence-electron chi connectivity index (χ1n) is 2.13. The lowest BCUT2D eigenvalue weighted by Gasteiger charge is -1.98. The van der Waals surface area contributed by atoms with E-state index >= 15 is 0 Å². The molecule has 0 aromatic rings. The van der Waals surface area contributed by atoms with Gasteiger partial charge in [-0.15, -0.1) is 0 Å². The lowest BCUT2D eigenvalue weighted by atomic mass is 10.2. The molecule has 1 radical (unpaired) electrons. The van der Waals surface area contributed by atoms with E-state index < -0.39 is 24.5 Å². The third-order valence-corrected chi connectivity index (χ3v) is 0.763. The Balaban J connectivity index is 3.99. The van der Waals surface area contributed by atoms with Gasteiger partial charge in [0.2, 0.25) is 0 Å². The van der Waals surface area contributed by atoms with E-state index in [0.29, 0.717) is 0 Å². The topological polar surface area (TPSA) is 94.5 Å². The summed E-state index contributed by atoms with van der Waals surface area (Å²) in [5, 5.41) is 25.7. The number of hydrogen-bond donors (Lipinski definition) is 2. The standard InChI is InChI=1S/C4H5O5/c5-1-2(3(6)7)4(8)9/h2H,1H2,(H,6,7)(H,8,9). The Kier molecular flexibility index (Phi) is 2.66. The highest BCUT2D eigenvalue weighted by Gasteiger charge is 2.24. The maximum Gasteiger partial charge on any atom is 0.320 e. The number of rotatable bonds is 3. The van der Waals surface area contributed by atoms with Gasteiger partial charge in [0.15, 0.2) is 5.92 Å². The molecular weight excluding hydrogens is 128 g/mol. The van der Waals surface area contributed by atoms with E-state index in [1.54, 1.807) is 0 Å². The van der Waals surface area contributed by atoms with Crippen molar-refractivity contribution in [2.24, 2.45) is 5.92 Å². The first-order valence-corrected chi connectivity index (χ1v) is 2.13. The maximum absolute atomic E-state index is 9.79. The van der Waals surface area contributed by atoms with Gasteiger partial charge in [-0.25, -0.2) is 5.11 Å². The number of aliphatic carboxylic acids is 2. The SMILES string of the molecule is [O]CC(C(=O)O)C(=O)O. The van der Waals surface area contributed by atoms with E-state index in [-0.39, 0.29) is 0 Å². The normalized spacial score (nSPS) is 9.56. The van der Waals surface area contributed by atoms with Crippen molar-refractivity contribution in [3.05, 3.63) is 0 Å². The second kappa shape index (κ2) is 3.03. The van der Waals surface area contributed by atoms with Crippen molar-refractivity contribution in [2.75, 3.05) is 6.61 Å². The molecular formula is C4H5O5. The van der Waals surface area contributed by atoms with Crippen LogP contribution in [0, 0.1) is 5.92 Å². The fourth-order valence-corrected chi connectivity index (χ4v) is 0.248. The molecule has 0 unspecified atom stereocenters. The van der Waals surface area contributed by atoms with Gasteiger partial charge >= 0.3 is 11.9 Å². The van der Waals surface area contributed by atoms with E-state index in [1.807, 2.05) is 0 Å². The van der Waals surface area contributed by atoms with Crippen molar-refractivity contribution < 1.29 is 24.9 Å². The summed E-state index contributed by atoms with van der Waals surface area (Å²) in [5.41, 5.74) is 0. The summed E-state index contributed by atoms with van der Waals surface area (Å²) in [6.07, 6.45) is 0. The van der Waals surface area contributed by atoms with Crippen LogP contribution in [0.5, 0.6) is 0 Å². The van der Waals surface area contributed by atoms with Gasteiger partial charge in [-0.05, 0) is 0 Å². The molecule has 0 heterocycles. The summed E-state index contributed by atoms with van der Waals surface area (Å²) in [4.78, 5) is 19.6. The Morgan fingerprint density at radius 2 is 1.56 bits per heavy atom. The average Bonchev–Trinajstić information content (AvgIpc) is 1.64. The van der Waals surface area contributed by atoms with Crippen molar-refractivity contribution in [2.45, 2.75) is 0 Å². The molecule has 0 spiro atoms. The summed E-state index contributed by atoms with van der Waals surface area (Å²) >= 11 is 0. The summed E-state index contributed by atoms with van der Waals surface area (Å²) in [7, 11) is 0. The minimum atomic E-state index is -1.80. The molecule has 0 aliphatic carbocycles. The Labute approximate surface area is 50.5 Å². The summed E-state index contributed by atoms with van der Waals surface area (Å²) in [6.45, 7) is -1.12. The molecule has 0 aliphatic rings. The summed E-state index contributed by atoms with van der Waals surface area (Å²) in [5.74, 6) is -4.97. The van der Waals surface area contributed by atoms with Gasteiger partial charge in [-0.1, -0.05) is 0 Å². The van der Waals surface area contributed by atoms with Crippen LogP contribution in [0.25, 0.3) is 0 Å². The van der Waals surface area contributed by atoms with E-state index in [2.05, 4.69) is 0 Å². The predicted molar refractivity (Wildman–Crippen MR) is 24.3 cm³/mol. The monoisotopic (exact) mass is 133 g/mol. The zero-order valence-corrected chi connectivity index (χ0v) is 4.40. The highest BCUT2D eigenvalue weighted by atomic mass is 16.4. The number of carboxylic acids is 2. The third kappa shape index (κ3) is 2.09. The highest BCUT2D eigenvalue weighted by Crippen LogP contribution is 1.93. The molecule has 5 heteroatoms. The predicted octanol–water partition coefficient (Wildman–Crippen LogP) is -0.798. The third-order valence-electron chi connectivity index (χ3n) is 0.763. The van der Waals surface area contributed by atoms with Crippen LogP contribution < -0.4 is 0 Å². The molecule has 0 saturated carbocycles. The molecule has 9 heavy (non-hydrogen) atoms. The molecule has 0 amide bonds. The van der Waals surface area contributed by atoms with E-state index in [0.717, 1.165) is 0 Å². The molecule has 0 aromatic heterocycles. The van der Waals surface area contributed by atoms with Gasteiger partial charge in [0.25, 0.3) is 0 Å². The van der Waals surface area contributed by atoms with Crippen LogP contribution in [0.4, 0.5) is 0 Å². The Morgan fingerprint density at radius 3 is 1.56 bits per heavy atom. The fraction of sp³-hybridized carbons (Fsp3) is 0.500. The first-order chi connectivity index (χ1) is 4.09. The van der Waals surface area contributed by atoms with Gasteiger partial charge in [0.05, 0.1) is 0 Å². The molecule has 0 aliphatic heterocycles. The smallest absolute Gasteiger partial charge is 0.320 e. The van der Waals surface area contributed by atoms with Crippen molar-refractivity contribution in [1.29, 1.82) is 0 Å². The Morgan fingerprint density at radius 1 is 1.22 bits per heavy atom. The van der Waals surface area contributed by atoms with E-state index in [1.165, 1.54) is 0 Å². The molecule has 0 rings (SSSR count). The second-order valence-corrected chi connectivity index (χ2v) is 1.40. The van der Waals surface area contributed by atoms with E-state index in [9.17, 15) is 14.7 Å². The quantitative estimate of drug-likeness (QED) is 0.493. The molecule has 0 bridgehead atoms. The van der Waals surface area contributed by atoms with E-state index in [4.69, 9.17) is 10.2 Å². The van der Waals surface area contributed by atoms with Gasteiger partial charge in [0.1, 0.15) is 6.61 Å². The zero-order valence-electron chi connectivity index (χ0n) is 4.40. The maximum atomic E-state index is 9.79. The zero-order chi connectivity index (χ0) is 7.44. The molecule has 0 fully saturated rings. The van der Waals surface area contributed by atoms with Crippen LogP contribution >= 0.6 is 0 Å². The average molecular weight is 133 g/mol. The fourth-order valence-electron chi connectivity index (χ4n) is 0.248. The molecule has 2 N–H and O–H groups in total. The van der Waals surface area contributed by atoms with Crippen molar-refractivity contribution in [3.8, 4) is 0 Å². The van der Waals surface area contributed by atoms with Gasteiger partial charge in [0, 0.05) is 0 Å². The van der Waals surface area contributed by atoms with Crippen LogP contribution in [0.2, 0.25) is 0 Å². The van der Waals surface area contributed by atoms with Crippen molar-refractivity contribution >= 4 is 11.9 Å². The minimum Gasteiger partial charge on any atom is -0.481 e. The van der Waals surface area contributed by atoms with Crippen LogP contribution in [0.15, 0.2) is 0 Å². The van der Waals surface area contributed by atoms with Crippen molar-refractivity contribution in [3.63, 3.8) is 0 Å². The first kappa shape index (κ1) is 7.90. The lowest BCUT2D eigenvalue weighted by Crippen LogP contribution is -2.25. The molecule has 51 valence electrons. The largest absolute Gasteiger partial charge is 0.481 e. The Hall–Kier alpha value is -1.10. The highest BCUT2D eigenvalue weighted by molar-refractivity contribution is 5.92. The molecule has 0 saturated heterocycles. The second-order valence-electron chi connectivity index (χ2n) is 1.40.